The van der Waals surface area contributed by atoms with Gasteiger partial charge >= 0.3 is 0 Å². The Bertz CT molecular complexity index is 827. The number of aliphatic hydroxyl groups is 1. The second kappa shape index (κ2) is 7.23. The van der Waals surface area contributed by atoms with Crippen LogP contribution in [0.15, 0.2) is 30.5 Å². The Hall–Kier alpha value is -2.06. The van der Waals surface area contributed by atoms with E-state index in [0.717, 1.165) is 17.2 Å². The number of hydrogen-bond donors (Lipinski definition) is 3. The number of sulfonamides is 1. The van der Waals surface area contributed by atoms with Crippen LogP contribution in [0.5, 0.6) is 0 Å². The number of aliphatic hydroxyl groups excluding tert-OH is 1. The average molecular weight is 353 g/mol. The summed E-state index contributed by atoms with van der Waals surface area (Å²) < 4.78 is 27.1. The van der Waals surface area contributed by atoms with E-state index in [2.05, 4.69) is 10.0 Å². The molecule has 3 N–H and O–H groups in total. The zero-order valence-corrected chi connectivity index (χ0v) is 14.8. The molecule has 0 bridgehead atoms. The van der Waals surface area contributed by atoms with Crippen LogP contribution in [0.25, 0.3) is 10.9 Å². The van der Waals surface area contributed by atoms with E-state index in [1.807, 2.05) is 19.9 Å². The first-order valence-electron chi connectivity index (χ1n) is 7.67. The van der Waals surface area contributed by atoms with Crippen molar-refractivity contribution in [2.75, 3.05) is 17.6 Å². The number of aromatic nitrogens is 1. The lowest BCUT2D eigenvalue weighted by Crippen LogP contribution is -2.42. The molecule has 0 aliphatic rings. The Kier molecular flexibility index (Phi) is 5.51. The third kappa shape index (κ3) is 4.48. The molecular formula is C16H23N3O4S. The van der Waals surface area contributed by atoms with Crippen molar-refractivity contribution < 1.29 is 18.3 Å². The van der Waals surface area contributed by atoms with E-state index in [9.17, 15) is 18.3 Å². The molecule has 0 fully saturated rings. The number of fused-ring (bicyclic) bond motifs is 1. The smallest absolute Gasteiger partial charge is 0.240 e. The fraction of sp³-hybridized carbons (Fsp3) is 0.438. The van der Waals surface area contributed by atoms with Crippen LogP contribution in [0.4, 0.5) is 5.69 Å². The number of hydrogen-bond acceptors (Lipinski definition) is 4. The maximum Gasteiger partial charge on any atom is 0.240 e. The molecule has 1 aromatic carbocycles. The molecule has 1 heterocycles. The van der Waals surface area contributed by atoms with Crippen LogP contribution >= 0.6 is 0 Å². The molecule has 1 atom stereocenters. The van der Waals surface area contributed by atoms with Crippen LogP contribution in [0, 0.1) is 5.92 Å². The third-order valence-corrected chi connectivity index (χ3v) is 4.36. The summed E-state index contributed by atoms with van der Waals surface area (Å²) in [6, 6.07) is 6.70. The van der Waals surface area contributed by atoms with Gasteiger partial charge in [0, 0.05) is 11.6 Å². The van der Waals surface area contributed by atoms with Gasteiger partial charge in [-0.2, -0.15) is 0 Å². The Morgan fingerprint density at radius 1 is 1.29 bits per heavy atom. The highest BCUT2D eigenvalue weighted by Crippen LogP contribution is 2.25. The average Bonchev–Trinajstić information content (AvgIpc) is 2.87. The van der Waals surface area contributed by atoms with E-state index in [-0.39, 0.29) is 31.0 Å². The first-order valence-corrected chi connectivity index (χ1v) is 9.56. The van der Waals surface area contributed by atoms with E-state index < -0.39 is 10.0 Å². The summed E-state index contributed by atoms with van der Waals surface area (Å²) in [5, 5.41) is 12.8. The molecule has 24 heavy (non-hydrogen) atoms. The molecule has 2 aromatic rings. The lowest BCUT2D eigenvalue weighted by Gasteiger charge is -2.20. The minimum atomic E-state index is -3.38. The van der Waals surface area contributed by atoms with Gasteiger partial charge in [0.25, 0.3) is 0 Å². The third-order valence-electron chi connectivity index (χ3n) is 3.77. The van der Waals surface area contributed by atoms with Crippen LogP contribution < -0.4 is 10.0 Å². The number of carbonyl (C=O) groups excluding carboxylic acids is 1. The van der Waals surface area contributed by atoms with Gasteiger partial charge in [-0.25, -0.2) is 8.42 Å². The highest BCUT2D eigenvalue weighted by Gasteiger charge is 2.16. The van der Waals surface area contributed by atoms with Gasteiger partial charge in [0.2, 0.25) is 15.9 Å². The van der Waals surface area contributed by atoms with Crippen molar-refractivity contribution in [1.82, 2.24) is 9.88 Å². The Balaban J connectivity index is 2.22. The molecule has 7 nitrogen and oxygen atoms in total. The van der Waals surface area contributed by atoms with Gasteiger partial charge in [-0.15, -0.1) is 0 Å². The highest BCUT2D eigenvalue weighted by atomic mass is 32.2. The zero-order valence-electron chi connectivity index (χ0n) is 14.0. The molecule has 0 aliphatic heterocycles. The van der Waals surface area contributed by atoms with Crippen LogP contribution in [0.2, 0.25) is 0 Å². The van der Waals surface area contributed by atoms with E-state index in [1.54, 1.807) is 29.0 Å². The van der Waals surface area contributed by atoms with Gasteiger partial charge in [0.15, 0.2) is 0 Å². The molecule has 0 aliphatic carbocycles. The lowest BCUT2D eigenvalue weighted by atomic mass is 10.1. The highest BCUT2D eigenvalue weighted by molar-refractivity contribution is 7.92. The summed E-state index contributed by atoms with van der Waals surface area (Å²) in [4.78, 5) is 12.2. The minimum absolute atomic E-state index is 0.0923. The summed E-state index contributed by atoms with van der Waals surface area (Å²) in [5.74, 6) is -0.0763. The number of benzene rings is 1. The molecular weight excluding hydrogens is 330 g/mol. The fourth-order valence-corrected chi connectivity index (χ4v) is 3.06. The van der Waals surface area contributed by atoms with Gasteiger partial charge in [-0.3, -0.25) is 9.52 Å². The molecule has 132 valence electrons. The maximum absolute atomic E-state index is 12.2. The number of nitrogens with one attached hydrogen (secondary N) is 2. The van der Waals surface area contributed by atoms with Crippen molar-refractivity contribution in [1.29, 1.82) is 0 Å². The van der Waals surface area contributed by atoms with Gasteiger partial charge in [0.05, 0.1) is 30.1 Å². The number of amides is 1. The Morgan fingerprint density at radius 3 is 2.58 bits per heavy atom. The molecule has 0 spiro atoms. The predicted octanol–water partition coefficient (Wildman–Crippen LogP) is 1.15. The molecule has 2 rings (SSSR count). The van der Waals surface area contributed by atoms with E-state index in [1.165, 1.54) is 0 Å². The van der Waals surface area contributed by atoms with Crippen LogP contribution in [0.3, 0.4) is 0 Å². The quantitative estimate of drug-likeness (QED) is 0.695. The van der Waals surface area contributed by atoms with Crippen molar-refractivity contribution in [3.63, 3.8) is 0 Å². The van der Waals surface area contributed by atoms with Crippen molar-refractivity contribution in [2.24, 2.45) is 5.92 Å². The van der Waals surface area contributed by atoms with Crippen molar-refractivity contribution in [2.45, 2.75) is 26.4 Å². The molecule has 1 unspecified atom stereocenters. The van der Waals surface area contributed by atoms with Gasteiger partial charge in [0.1, 0.15) is 6.54 Å². The molecule has 8 heteroatoms. The number of carbonyl (C=O) groups is 1. The lowest BCUT2D eigenvalue weighted by molar-refractivity contribution is -0.123. The van der Waals surface area contributed by atoms with Crippen LogP contribution in [-0.2, 0) is 21.4 Å². The zero-order chi connectivity index (χ0) is 17.9. The second-order valence-corrected chi connectivity index (χ2v) is 7.91. The molecule has 1 aromatic heterocycles. The molecule has 0 saturated heterocycles. The van der Waals surface area contributed by atoms with E-state index in [4.69, 9.17) is 0 Å². The summed E-state index contributed by atoms with van der Waals surface area (Å²) in [6.45, 7) is 3.83. The van der Waals surface area contributed by atoms with Crippen molar-refractivity contribution in [3.8, 4) is 0 Å². The van der Waals surface area contributed by atoms with E-state index >= 15 is 0 Å². The predicted molar refractivity (Wildman–Crippen MR) is 94.3 cm³/mol. The van der Waals surface area contributed by atoms with Gasteiger partial charge in [-0.1, -0.05) is 19.9 Å². The van der Waals surface area contributed by atoms with Gasteiger partial charge in [-0.05, 0) is 24.1 Å². The number of anilines is 1. The van der Waals surface area contributed by atoms with Gasteiger partial charge < -0.3 is 15.0 Å². The first-order chi connectivity index (χ1) is 11.2. The Labute approximate surface area is 141 Å². The molecule has 0 saturated carbocycles. The van der Waals surface area contributed by atoms with Crippen molar-refractivity contribution >= 4 is 32.5 Å². The summed E-state index contributed by atoms with van der Waals surface area (Å²) >= 11 is 0. The number of nitrogens with zero attached hydrogens (tertiary/aromatic N) is 1. The first kappa shape index (κ1) is 18.3. The normalized spacial score (nSPS) is 13.2. The maximum atomic E-state index is 12.2. The summed E-state index contributed by atoms with van der Waals surface area (Å²) in [6.07, 6.45) is 2.83. The Morgan fingerprint density at radius 2 is 2.00 bits per heavy atom. The number of rotatable bonds is 7. The van der Waals surface area contributed by atoms with Crippen LogP contribution in [-0.4, -0.2) is 42.9 Å². The molecule has 0 radical (unpaired) electrons. The summed E-state index contributed by atoms with van der Waals surface area (Å²) in [7, 11) is -3.38. The largest absolute Gasteiger partial charge is 0.394 e. The molecule has 1 amide bonds. The standard InChI is InChI=1S/C16H23N3O4S/c1-11(2)14(10-20)17-16(21)9-19-8-7-12-13(18-24(3,22)23)5-4-6-15(12)19/h4-8,11,14,18,20H,9-10H2,1-3H3,(H,17,21). The van der Waals surface area contributed by atoms with E-state index in [0.29, 0.717) is 5.69 Å². The second-order valence-electron chi connectivity index (χ2n) is 6.16. The summed E-state index contributed by atoms with van der Waals surface area (Å²) in [5.41, 5.74) is 1.23. The topological polar surface area (TPSA) is 100 Å². The minimum Gasteiger partial charge on any atom is -0.394 e. The SMILES string of the molecule is CC(C)C(CO)NC(=O)Cn1ccc2c(NS(C)(=O)=O)cccc21. The van der Waals surface area contributed by atoms with Crippen LogP contribution in [0.1, 0.15) is 13.8 Å². The monoisotopic (exact) mass is 353 g/mol. The fourth-order valence-electron chi connectivity index (χ4n) is 2.48. The van der Waals surface area contributed by atoms with Crippen molar-refractivity contribution in [3.05, 3.63) is 30.5 Å².